The second-order valence-corrected chi connectivity index (χ2v) is 5.35. The first kappa shape index (κ1) is 12.0. The zero-order valence-corrected chi connectivity index (χ0v) is 11.3. The molecule has 0 saturated heterocycles. The summed E-state index contributed by atoms with van der Waals surface area (Å²) in [7, 11) is 0. The molecule has 0 bridgehead atoms. The van der Waals surface area contributed by atoms with Gasteiger partial charge in [0.2, 0.25) is 0 Å². The van der Waals surface area contributed by atoms with Gasteiger partial charge in [0.25, 0.3) is 0 Å². The van der Waals surface area contributed by atoms with Crippen LogP contribution in [0.4, 0.5) is 5.69 Å². The molecule has 0 atom stereocenters. The fourth-order valence-electron chi connectivity index (χ4n) is 1.91. The zero-order valence-electron chi connectivity index (χ0n) is 10.5. The van der Waals surface area contributed by atoms with Gasteiger partial charge in [-0.05, 0) is 36.8 Å². The number of nitrogens with zero attached hydrogens (tertiary/aromatic N) is 2. The number of hydrogen-bond acceptors (Lipinski definition) is 4. The number of hydrogen-bond donors (Lipinski definition) is 1. The van der Waals surface area contributed by atoms with Crippen molar-refractivity contribution in [2.24, 2.45) is 0 Å². The van der Waals surface area contributed by atoms with Crippen molar-refractivity contribution >= 4 is 28.4 Å². The molecule has 2 aromatic carbocycles. The molecule has 3 rings (SSSR count). The number of rotatable bonds is 2. The first-order chi connectivity index (χ1) is 9.24. The fourth-order valence-corrected chi connectivity index (χ4v) is 2.86. The van der Waals surface area contributed by atoms with E-state index >= 15 is 0 Å². The molecule has 0 radical (unpaired) electrons. The molecule has 0 amide bonds. The Morgan fingerprint density at radius 1 is 1.05 bits per heavy atom. The van der Waals surface area contributed by atoms with E-state index in [0.717, 1.165) is 21.6 Å². The summed E-state index contributed by atoms with van der Waals surface area (Å²) >= 11 is 1.65. The van der Waals surface area contributed by atoms with Crippen LogP contribution < -0.4 is 5.73 Å². The van der Waals surface area contributed by atoms with Gasteiger partial charge >= 0.3 is 0 Å². The van der Waals surface area contributed by atoms with Gasteiger partial charge in [-0.1, -0.05) is 30.0 Å². The van der Waals surface area contributed by atoms with E-state index in [2.05, 4.69) is 29.0 Å². The Bertz CT molecular complexity index is 740. The summed E-state index contributed by atoms with van der Waals surface area (Å²) in [6.07, 6.45) is 1.60. The third-order valence-corrected chi connectivity index (χ3v) is 4.12. The van der Waals surface area contributed by atoms with E-state index in [9.17, 15) is 0 Å². The molecule has 0 aliphatic rings. The van der Waals surface area contributed by atoms with Crippen molar-refractivity contribution in [3.05, 3.63) is 54.4 Å². The number of nitrogens with two attached hydrogens (primary N) is 1. The highest BCUT2D eigenvalue weighted by atomic mass is 32.2. The Morgan fingerprint density at radius 2 is 1.89 bits per heavy atom. The maximum atomic E-state index is 5.85. The highest BCUT2D eigenvalue weighted by Crippen LogP contribution is 2.33. The van der Waals surface area contributed by atoms with Crippen LogP contribution >= 0.6 is 11.8 Å². The van der Waals surface area contributed by atoms with Gasteiger partial charge in [-0.15, -0.1) is 0 Å². The van der Waals surface area contributed by atoms with Crippen LogP contribution in [0, 0.1) is 6.92 Å². The average Bonchev–Trinajstić information content (AvgIpc) is 2.42. The van der Waals surface area contributed by atoms with E-state index in [4.69, 9.17) is 5.73 Å². The van der Waals surface area contributed by atoms with E-state index in [1.165, 1.54) is 10.5 Å². The Balaban J connectivity index is 2.10. The van der Waals surface area contributed by atoms with E-state index in [1.54, 1.807) is 18.1 Å². The van der Waals surface area contributed by atoms with E-state index < -0.39 is 0 Å². The molecule has 19 heavy (non-hydrogen) atoms. The molecule has 0 aliphatic heterocycles. The quantitative estimate of drug-likeness (QED) is 0.568. The molecule has 0 unspecified atom stereocenters. The lowest BCUT2D eigenvalue weighted by Gasteiger charge is -2.07. The third kappa shape index (κ3) is 2.39. The fraction of sp³-hybridized carbons (Fsp3) is 0.0667. The minimum Gasteiger partial charge on any atom is -0.399 e. The summed E-state index contributed by atoms with van der Waals surface area (Å²) in [5.74, 6) is 0. The van der Waals surface area contributed by atoms with Crippen molar-refractivity contribution < 1.29 is 0 Å². The summed E-state index contributed by atoms with van der Waals surface area (Å²) in [6, 6.07) is 14.0. The Kier molecular flexibility index (Phi) is 3.09. The molecule has 3 aromatic rings. The Morgan fingerprint density at radius 3 is 2.74 bits per heavy atom. The van der Waals surface area contributed by atoms with Crippen LogP contribution in [0.1, 0.15) is 5.56 Å². The lowest BCUT2D eigenvalue weighted by molar-refractivity contribution is 1.10. The Labute approximate surface area is 115 Å². The van der Waals surface area contributed by atoms with Crippen LogP contribution in [0.25, 0.3) is 10.9 Å². The summed E-state index contributed by atoms with van der Waals surface area (Å²) in [5, 5.41) is 1.93. The summed E-state index contributed by atoms with van der Waals surface area (Å²) in [4.78, 5) is 9.85. The van der Waals surface area contributed by atoms with Crippen molar-refractivity contribution in [3.63, 3.8) is 0 Å². The molecule has 2 N–H and O–H groups in total. The first-order valence-corrected chi connectivity index (χ1v) is 6.79. The lowest BCUT2D eigenvalue weighted by Crippen LogP contribution is -1.90. The van der Waals surface area contributed by atoms with E-state index in [0.29, 0.717) is 0 Å². The van der Waals surface area contributed by atoms with Gasteiger partial charge in [0.1, 0.15) is 11.4 Å². The smallest absolute Gasteiger partial charge is 0.117 e. The molecular weight excluding hydrogens is 254 g/mol. The van der Waals surface area contributed by atoms with Crippen LogP contribution in [0.5, 0.6) is 0 Å². The topological polar surface area (TPSA) is 51.8 Å². The molecule has 3 nitrogen and oxygen atoms in total. The molecular formula is C15H13N3S. The van der Waals surface area contributed by atoms with Crippen LogP contribution in [-0.4, -0.2) is 9.97 Å². The lowest BCUT2D eigenvalue weighted by atomic mass is 10.2. The normalized spacial score (nSPS) is 10.8. The first-order valence-electron chi connectivity index (χ1n) is 5.98. The minimum absolute atomic E-state index is 0.730. The van der Waals surface area contributed by atoms with Gasteiger partial charge in [-0.3, -0.25) is 0 Å². The van der Waals surface area contributed by atoms with Gasteiger partial charge in [-0.2, -0.15) is 0 Å². The van der Waals surface area contributed by atoms with Crippen molar-refractivity contribution in [1.29, 1.82) is 0 Å². The van der Waals surface area contributed by atoms with Gasteiger partial charge in [-0.25, -0.2) is 9.97 Å². The molecule has 94 valence electrons. The van der Waals surface area contributed by atoms with E-state index in [1.807, 2.05) is 30.3 Å². The van der Waals surface area contributed by atoms with Crippen LogP contribution in [0.15, 0.2) is 58.7 Å². The predicted molar refractivity (Wildman–Crippen MR) is 79.3 cm³/mol. The second kappa shape index (κ2) is 4.90. The van der Waals surface area contributed by atoms with Gasteiger partial charge in [0.05, 0.1) is 5.52 Å². The highest BCUT2D eigenvalue weighted by Gasteiger charge is 2.07. The number of fused-ring (bicyclic) bond motifs is 1. The molecule has 0 fully saturated rings. The summed E-state index contributed by atoms with van der Waals surface area (Å²) in [5.41, 5.74) is 8.74. The standard InChI is InChI=1S/C15H13N3S/c1-10-4-2-3-5-14(10)19-15-12-8-11(16)6-7-13(12)17-9-18-15/h2-9H,16H2,1H3. The molecule has 0 spiro atoms. The van der Waals surface area contributed by atoms with Gasteiger partial charge in [0.15, 0.2) is 0 Å². The highest BCUT2D eigenvalue weighted by molar-refractivity contribution is 7.99. The SMILES string of the molecule is Cc1ccccc1Sc1ncnc2ccc(N)cc12. The largest absolute Gasteiger partial charge is 0.399 e. The molecule has 1 aromatic heterocycles. The number of aromatic nitrogens is 2. The van der Waals surface area contributed by atoms with E-state index in [-0.39, 0.29) is 0 Å². The van der Waals surface area contributed by atoms with Crippen molar-refractivity contribution in [1.82, 2.24) is 9.97 Å². The minimum atomic E-state index is 0.730. The van der Waals surface area contributed by atoms with Crippen molar-refractivity contribution in [2.75, 3.05) is 5.73 Å². The average molecular weight is 267 g/mol. The van der Waals surface area contributed by atoms with Crippen LogP contribution in [0.2, 0.25) is 0 Å². The number of anilines is 1. The monoisotopic (exact) mass is 267 g/mol. The van der Waals surface area contributed by atoms with Crippen molar-refractivity contribution in [2.45, 2.75) is 16.8 Å². The third-order valence-electron chi connectivity index (χ3n) is 2.92. The summed E-state index contributed by atoms with van der Waals surface area (Å²) < 4.78 is 0. The summed E-state index contributed by atoms with van der Waals surface area (Å²) in [6.45, 7) is 2.10. The number of nitrogen functional groups attached to an aromatic ring is 1. The van der Waals surface area contributed by atoms with Gasteiger partial charge in [0, 0.05) is 16.0 Å². The van der Waals surface area contributed by atoms with Crippen LogP contribution in [0.3, 0.4) is 0 Å². The second-order valence-electron chi connectivity index (χ2n) is 4.32. The molecule has 0 aliphatic carbocycles. The van der Waals surface area contributed by atoms with Crippen LogP contribution in [-0.2, 0) is 0 Å². The zero-order chi connectivity index (χ0) is 13.2. The number of benzene rings is 2. The predicted octanol–water partition coefficient (Wildman–Crippen LogP) is 3.67. The van der Waals surface area contributed by atoms with Gasteiger partial charge < -0.3 is 5.73 Å². The maximum Gasteiger partial charge on any atom is 0.117 e. The molecule has 0 saturated carbocycles. The molecule has 4 heteroatoms. The maximum absolute atomic E-state index is 5.85. The van der Waals surface area contributed by atoms with Crippen molar-refractivity contribution in [3.8, 4) is 0 Å². The Hall–Kier alpha value is -2.07. The number of aryl methyl sites for hydroxylation is 1. The molecule has 1 heterocycles.